The minimum Gasteiger partial charge on any atom is -0.370 e. The largest absolute Gasteiger partial charge is 0.370 e. The van der Waals surface area contributed by atoms with Gasteiger partial charge in [-0.3, -0.25) is 28.8 Å². The van der Waals surface area contributed by atoms with Crippen LogP contribution in [-0.2, 0) is 28.8 Å². The smallest absolute Gasteiger partial charge is 0.222 e. The van der Waals surface area contributed by atoms with E-state index >= 15 is 0 Å². The summed E-state index contributed by atoms with van der Waals surface area (Å²) in [6.45, 7) is 19.2. The quantitative estimate of drug-likeness (QED) is 0.0860. The van der Waals surface area contributed by atoms with Gasteiger partial charge in [-0.15, -0.1) is 0 Å². The van der Waals surface area contributed by atoms with Crippen LogP contribution in [0.25, 0.3) is 0 Å². The van der Waals surface area contributed by atoms with E-state index in [4.69, 9.17) is 11.5 Å². The van der Waals surface area contributed by atoms with Gasteiger partial charge in [-0.05, 0) is 50.4 Å². The lowest BCUT2D eigenvalue weighted by molar-refractivity contribution is -0.126. The van der Waals surface area contributed by atoms with Gasteiger partial charge in [-0.1, -0.05) is 55.4 Å². The zero-order valence-electron chi connectivity index (χ0n) is 30.5. The predicted molar refractivity (Wildman–Crippen MR) is 184 cm³/mol. The number of nitrogens with one attached hydrogen (secondary N) is 5. The average molecular weight is 668 g/mol. The second kappa shape index (κ2) is 22.4. The monoisotopic (exact) mass is 667 g/mol. The highest BCUT2D eigenvalue weighted by Crippen LogP contribution is 2.13. The Hall–Kier alpha value is -3.22. The third-order valence-corrected chi connectivity index (χ3v) is 7.75. The lowest BCUT2D eigenvalue weighted by Crippen LogP contribution is -2.47. The molecule has 0 saturated heterocycles. The van der Waals surface area contributed by atoms with Crippen molar-refractivity contribution >= 4 is 35.4 Å². The lowest BCUT2D eigenvalue weighted by Gasteiger charge is -2.26. The molecule has 9 N–H and O–H groups in total. The molecule has 0 fully saturated rings. The Balaban J connectivity index is 5.06. The van der Waals surface area contributed by atoms with Crippen molar-refractivity contribution in [1.82, 2.24) is 26.6 Å². The third-order valence-electron chi connectivity index (χ3n) is 7.75. The number of amides is 6. The number of carbonyl (C=O) groups excluding carboxylic acids is 6. The van der Waals surface area contributed by atoms with E-state index in [2.05, 4.69) is 26.6 Å². The summed E-state index contributed by atoms with van der Waals surface area (Å²) in [5.74, 6) is -1.27. The van der Waals surface area contributed by atoms with Crippen LogP contribution < -0.4 is 38.1 Å². The van der Waals surface area contributed by atoms with Crippen LogP contribution in [0.15, 0.2) is 0 Å². The summed E-state index contributed by atoms with van der Waals surface area (Å²) in [6, 6.07) is -2.38. The highest BCUT2D eigenvalue weighted by atomic mass is 16.2. The fourth-order valence-corrected chi connectivity index (χ4v) is 5.26. The van der Waals surface area contributed by atoms with Crippen molar-refractivity contribution in [3.05, 3.63) is 0 Å². The van der Waals surface area contributed by atoms with Gasteiger partial charge in [0.15, 0.2) is 0 Å². The van der Waals surface area contributed by atoms with Crippen molar-refractivity contribution in [2.45, 2.75) is 157 Å². The SMILES string of the molecule is CC(C)C[C@@H](CC(N)=O)NC(=O)C[C@H](C)NC(=O)C[C@@H](NC(=O)C[C@H](CC(C)C)NC(=O)C[C@H](C)NC(=O)C[C@@H](N)C(C)C)C(C)C. The van der Waals surface area contributed by atoms with E-state index in [0.29, 0.717) is 12.8 Å². The van der Waals surface area contributed by atoms with E-state index in [0.717, 1.165) is 0 Å². The molecule has 0 rings (SSSR count). The first-order chi connectivity index (χ1) is 21.7. The molecule has 0 aromatic carbocycles. The molecule has 0 aliphatic rings. The van der Waals surface area contributed by atoms with Crippen molar-refractivity contribution < 1.29 is 28.8 Å². The number of carbonyl (C=O) groups is 6. The van der Waals surface area contributed by atoms with Crippen LogP contribution in [-0.4, -0.2) is 71.7 Å². The number of hydrogen-bond donors (Lipinski definition) is 7. The second-order valence-electron chi connectivity index (χ2n) is 14.7. The molecule has 6 amide bonds. The fraction of sp³-hybridized carbons (Fsp3) is 0.824. The molecule has 0 aliphatic carbocycles. The van der Waals surface area contributed by atoms with Crippen LogP contribution in [0.2, 0.25) is 0 Å². The molecule has 0 unspecified atom stereocenters. The van der Waals surface area contributed by atoms with Crippen LogP contribution in [0.4, 0.5) is 0 Å². The molecule has 13 nitrogen and oxygen atoms in total. The van der Waals surface area contributed by atoms with Gasteiger partial charge in [-0.25, -0.2) is 0 Å². The molecule has 0 heterocycles. The van der Waals surface area contributed by atoms with Gasteiger partial charge < -0.3 is 38.1 Å². The van der Waals surface area contributed by atoms with Crippen molar-refractivity contribution in [2.24, 2.45) is 35.1 Å². The van der Waals surface area contributed by atoms with Crippen LogP contribution in [0.1, 0.15) is 121 Å². The zero-order valence-corrected chi connectivity index (χ0v) is 30.5. The maximum Gasteiger partial charge on any atom is 0.222 e. The van der Waals surface area contributed by atoms with E-state index in [1.807, 2.05) is 55.4 Å². The van der Waals surface area contributed by atoms with Gasteiger partial charge >= 0.3 is 0 Å². The van der Waals surface area contributed by atoms with Crippen molar-refractivity contribution in [3.63, 3.8) is 0 Å². The van der Waals surface area contributed by atoms with Crippen LogP contribution >= 0.6 is 0 Å². The molecule has 272 valence electrons. The average Bonchev–Trinajstić information content (AvgIpc) is 2.85. The lowest BCUT2D eigenvalue weighted by atomic mass is 9.97. The summed E-state index contributed by atoms with van der Waals surface area (Å²) in [5.41, 5.74) is 11.3. The number of rotatable bonds is 23. The van der Waals surface area contributed by atoms with Gasteiger partial charge in [0.2, 0.25) is 35.4 Å². The van der Waals surface area contributed by atoms with Gasteiger partial charge in [0.25, 0.3) is 0 Å². The summed E-state index contributed by atoms with van der Waals surface area (Å²) in [6.07, 6.45) is 1.57. The van der Waals surface area contributed by atoms with Gasteiger partial charge in [0.05, 0.1) is 0 Å². The predicted octanol–water partition coefficient (Wildman–Crippen LogP) is 2.01. The minimum atomic E-state index is -0.490. The molecule has 0 saturated carbocycles. The topological polar surface area (TPSA) is 215 Å². The molecule has 0 radical (unpaired) electrons. The summed E-state index contributed by atoms with van der Waals surface area (Å²) in [5, 5.41) is 14.4. The van der Waals surface area contributed by atoms with E-state index in [1.165, 1.54) is 0 Å². The van der Waals surface area contributed by atoms with Crippen molar-refractivity contribution in [2.75, 3.05) is 0 Å². The Labute approximate surface area is 282 Å². The maximum absolute atomic E-state index is 13.1. The van der Waals surface area contributed by atoms with Gasteiger partial charge in [0, 0.05) is 74.8 Å². The van der Waals surface area contributed by atoms with Gasteiger partial charge in [0.1, 0.15) is 0 Å². The standard InChI is InChI=1S/C34H65N7O6/c1-19(2)11-25(15-29(36)42)39-30(43)14-24(10)38-34(47)18-28(22(7)8)41-32(45)16-26(12-20(3)4)40-31(44)13-23(9)37-33(46)17-27(35)21(5)6/h19-28H,11-18,35H2,1-10H3,(H2,36,42)(H,37,46)(H,38,47)(H,39,43)(H,40,44)(H,41,45)/t23-,24-,25-,26-,27+,28+/m0/s1. The van der Waals surface area contributed by atoms with Crippen LogP contribution in [0.5, 0.6) is 0 Å². The zero-order chi connectivity index (χ0) is 36.4. The summed E-state index contributed by atoms with van der Waals surface area (Å²) in [7, 11) is 0. The molecule has 0 bridgehead atoms. The number of hydrogen-bond acceptors (Lipinski definition) is 7. The van der Waals surface area contributed by atoms with Crippen molar-refractivity contribution in [1.29, 1.82) is 0 Å². The van der Waals surface area contributed by atoms with Crippen LogP contribution in [0, 0.1) is 23.7 Å². The molecule has 0 aromatic rings. The van der Waals surface area contributed by atoms with E-state index in [9.17, 15) is 28.8 Å². The molecule has 0 aliphatic heterocycles. The maximum atomic E-state index is 13.1. The number of primary amides is 1. The molecule has 13 heteroatoms. The summed E-state index contributed by atoms with van der Waals surface area (Å²) in [4.78, 5) is 75.1. The molecule has 0 spiro atoms. The molecular weight excluding hydrogens is 602 g/mol. The third kappa shape index (κ3) is 22.1. The second-order valence-corrected chi connectivity index (χ2v) is 14.7. The molecule has 6 atom stereocenters. The molecule has 47 heavy (non-hydrogen) atoms. The van der Waals surface area contributed by atoms with E-state index in [-0.39, 0.29) is 104 Å². The summed E-state index contributed by atoms with van der Waals surface area (Å²) >= 11 is 0. The Morgan fingerprint density at radius 3 is 1.23 bits per heavy atom. The molecular formula is C34H65N7O6. The fourth-order valence-electron chi connectivity index (χ4n) is 5.26. The van der Waals surface area contributed by atoms with Crippen LogP contribution in [0.3, 0.4) is 0 Å². The first-order valence-electron chi connectivity index (χ1n) is 17.2. The Morgan fingerprint density at radius 1 is 0.468 bits per heavy atom. The Kier molecular flexibility index (Phi) is 20.8. The summed E-state index contributed by atoms with van der Waals surface area (Å²) < 4.78 is 0. The van der Waals surface area contributed by atoms with E-state index in [1.54, 1.807) is 13.8 Å². The number of nitrogens with two attached hydrogens (primary N) is 2. The Morgan fingerprint density at radius 2 is 0.851 bits per heavy atom. The first-order valence-corrected chi connectivity index (χ1v) is 17.2. The highest BCUT2D eigenvalue weighted by molar-refractivity contribution is 5.83. The first kappa shape index (κ1) is 43.8. The minimum absolute atomic E-state index is 0.0197. The van der Waals surface area contributed by atoms with E-state index < -0.39 is 30.1 Å². The Bertz CT molecular complexity index is 1020. The highest BCUT2D eigenvalue weighted by Gasteiger charge is 2.25. The molecule has 0 aromatic heterocycles. The normalized spacial score (nSPS) is 15.4. The van der Waals surface area contributed by atoms with Crippen molar-refractivity contribution in [3.8, 4) is 0 Å². The van der Waals surface area contributed by atoms with Gasteiger partial charge in [-0.2, -0.15) is 0 Å².